The summed E-state index contributed by atoms with van der Waals surface area (Å²) in [6.07, 6.45) is 5.84. The molecule has 0 amide bonds. The van der Waals surface area contributed by atoms with Gasteiger partial charge in [0.2, 0.25) is 0 Å². The van der Waals surface area contributed by atoms with Crippen molar-refractivity contribution in [3.05, 3.63) is 80.7 Å². The first-order chi connectivity index (χ1) is 14.0. The molecule has 3 heteroatoms. The fraction of sp³-hybridized carbons (Fsp3) is 0.385. The van der Waals surface area contributed by atoms with Crippen molar-refractivity contribution in [1.82, 2.24) is 0 Å². The van der Waals surface area contributed by atoms with Crippen molar-refractivity contribution < 1.29 is 5.11 Å². The van der Waals surface area contributed by atoms with Gasteiger partial charge in [0.1, 0.15) is 0 Å². The molecule has 1 atom stereocenters. The average Bonchev–Trinajstić information content (AvgIpc) is 3.09. The lowest BCUT2D eigenvalue weighted by Gasteiger charge is -2.13. The Bertz CT molecular complexity index is 1000. The third-order valence-corrected chi connectivity index (χ3v) is 7.25. The van der Waals surface area contributed by atoms with Crippen LogP contribution in [0.25, 0.3) is 10.4 Å². The van der Waals surface area contributed by atoms with Crippen molar-refractivity contribution in [3.63, 3.8) is 0 Å². The maximum absolute atomic E-state index is 10.5. The van der Waals surface area contributed by atoms with Gasteiger partial charge in [-0.25, -0.2) is 0 Å². The minimum absolute atomic E-state index is 0.315. The molecule has 0 fully saturated rings. The van der Waals surface area contributed by atoms with Gasteiger partial charge < -0.3 is 10.8 Å². The van der Waals surface area contributed by atoms with E-state index in [9.17, 15) is 5.11 Å². The van der Waals surface area contributed by atoms with Crippen LogP contribution in [0.2, 0.25) is 0 Å². The molecule has 1 aliphatic rings. The number of nitrogens with two attached hydrogens (primary N) is 1. The Morgan fingerprint density at radius 2 is 1.83 bits per heavy atom. The second-order valence-electron chi connectivity index (χ2n) is 8.42. The Kier molecular flexibility index (Phi) is 6.19. The topological polar surface area (TPSA) is 46.2 Å². The molecule has 2 aromatic carbocycles. The van der Waals surface area contributed by atoms with Gasteiger partial charge in [-0.15, -0.1) is 11.3 Å². The molecule has 3 aromatic rings. The van der Waals surface area contributed by atoms with Gasteiger partial charge >= 0.3 is 0 Å². The quantitative estimate of drug-likeness (QED) is 0.520. The van der Waals surface area contributed by atoms with Crippen LogP contribution in [0.15, 0.2) is 41.8 Å². The summed E-state index contributed by atoms with van der Waals surface area (Å²) in [5.74, 6) is 0. The molecule has 0 saturated carbocycles. The molecular formula is C26H31NOS. The third kappa shape index (κ3) is 4.48. The van der Waals surface area contributed by atoms with E-state index in [1.807, 2.05) is 0 Å². The van der Waals surface area contributed by atoms with E-state index in [4.69, 9.17) is 5.73 Å². The SMILES string of the molecule is Cc1cc(Cc2csc(-c3ccc4c(c3)C(O)CCCC4)c2)c(C)cc1CCN. The Hall–Kier alpha value is -1.94. The Labute approximate surface area is 178 Å². The van der Waals surface area contributed by atoms with Crippen molar-refractivity contribution in [3.8, 4) is 10.4 Å². The normalized spacial score (nSPS) is 16.5. The van der Waals surface area contributed by atoms with Crippen LogP contribution in [0.1, 0.15) is 64.3 Å². The fourth-order valence-electron chi connectivity index (χ4n) is 4.49. The highest BCUT2D eigenvalue weighted by molar-refractivity contribution is 7.13. The molecule has 1 aromatic heterocycles. The molecule has 0 bridgehead atoms. The first kappa shape index (κ1) is 20.3. The van der Waals surface area contributed by atoms with Crippen LogP contribution >= 0.6 is 11.3 Å². The highest BCUT2D eigenvalue weighted by atomic mass is 32.1. The van der Waals surface area contributed by atoms with Crippen LogP contribution in [-0.4, -0.2) is 11.7 Å². The predicted molar refractivity (Wildman–Crippen MR) is 124 cm³/mol. The number of hydrogen-bond acceptors (Lipinski definition) is 3. The van der Waals surface area contributed by atoms with Crippen LogP contribution in [0, 0.1) is 13.8 Å². The summed E-state index contributed by atoms with van der Waals surface area (Å²) in [6.45, 7) is 5.09. The van der Waals surface area contributed by atoms with Gasteiger partial charge in [0.05, 0.1) is 6.10 Å². The monoisotopic (exact) mass is 405 g/mol. The summed E-state index contributed by atoms with van der Waals surface area (Å²) in [4.78, 5) is 1.29. The summed E-state index contributed by atoms with van der Waals surface area (Å²) >= 11 is 1.80. The van der Waals surface area contributed by atoms with Crippen molar-refractivity contribution >= 4 is 11.3 Å². The predicted octanol–water partition coefficient (Wildman–Crippen LogP) is 5.88. The zero-order valence-corrected chi connectivity index (χ0v) is 18.3. The van der Waals surface area contributed by atoms with Crippen LogP contribution in [0.3, 0.4) is 0 Å². The largest absolute Gasteiger partial charge is 0.388 e. The number of aliphatic hydroxyl groups is 1. The van der Waals surface area contributed by atoms with E-state index in [-0.39, 0.29) is 6.10 Å². The van der Waals surface area contributed by atoms with Gasteiger partial charge in [-0.1, -0.05) is 30.7 Å². The number of aryl methyl sites for hydroxylation is 3. The minimum atomic E-state index is -0.315. The lowest BCUT2D eigenvalue weighted by atomic mass is 9.94. The van der Waals surface area contributed by atoms with Gasteiger partial charge in [0.25, 0.3) is 0 Å². The third-order valence-electron chi connectivity index (χ3n) is 6.22. The molecule has 1 heterocycles. The van der Waals surface area contributed by atoms with Gasteiger partial charge in [-0.2, -0.15) is 0 Å². The Morgan fingerprint density at radius 1 is 1.03 bits per heavy atom. The van der Waals surface area contributed by atoms with Crippen molar-refractivity contribution in [2.75, 3.05) is 6.54 Å². The molecule has 29 heavy (non-hydrogen) atoms. The number of benzene rings is 2. The highest BCUT2D eigenvalue weighted by Gasteiger charge is 2.17. The van der Waals surface area contributed by atoms with Crippen molar-refractivity contribution in [2.24, 2.45) is 5.73 Å². The van der Waals surface area contributed by atoms with E-state index < -0.39 is 0 Å². The van der Waals surface area contributed by atoms with Crippen LogP contribution < -0.4 is 5.73 Å². The molecule has 1 aliphatic carbocycles. The Morgan fingerprint density at radius 3 is 2.66 bits per heavy atom. The fourth-order valence-corrected chi connectivity index (χ4v) is 5.40. The molecular weight excluding hydrogens is 374 g/mol. The average molecular weight is 406 g/mol. The van der Waals surface area contributed by atoms with Crippen molar-refractivity contribution in [2.45, 2.75) is 58.5 Å². The second kappa shape index (κ2) is 8.83. The van der Waals surface area contributed by atoms with Crippen LogP contribution in [0.5, 0.6) is 0 Å². The van der Waals surface area contributed by atoms with E-state index in [1.165, 1.54) is 50.2 Å². The van der Waals surface area contributed by atoms with Gasteiger partial charge in [0, 0.05) is 4.88 Å². The molecule has 1 unspecified atom stereocenters. The maximum atomic E-state index is 10.5. The molecule has 0 radical (unpaired) electrons. The van der Waals surface area contributed by atoms with E-state index in [0.717, 1.165) is 37.7 Å². The molecule has 2 nitrogen and oxygen atoms in total. The zero-order valence-electron chi connectivity index (χ0n) is 17.5. The number of hydrogen-bond donors (Lipinski definition) is 2. The number of rotatable bonds is 5. The Balaban J connectivity index is 1.57. The molecule has 0 spiro atoms. The van der Waals surface area contributed by atoms with Gasteiger partial charge in [-0.05, 0) is 115 Å². The first-order valence-corrected chi connectivity index (χ1v) is 11.6. The molecule has 0 aliphatic heterocycles. The molecule has 0 saturated heterocycles. The van der Waals surface area contributed by atoms with Gasteiger partial charge in [0.15, 0.2) is 0 Å². The molecule has 152 valence electrons. The lowest BCUT2D eigenvalue weighted by molar-refractivity contribution is 0.166. The van der Waals surface area contributed by atoms with E-state index >= 15 is 0 Å². The highest BCUT2D eigenvalue weighted by Crippen LogP contribution is 2.35. The van der Waals surface area contributed by atoms with Gasteiger partial charge in [-0.3, -0.25) is 0 Å². The molecule has 4 rings (SSSR count). The van der Waals surface area contributed by atoms with Crippen molar-refractivity contribution in [1.29, 1.82) is 0 Å². The number of fused-ring (bicyclic) bond motifs is 1. The maximum Gasteiger partial charge on any atom is 0.0792 e. The lowest BCUT2D eigenvalue weighted by Crippen LogP contribution is -2.05. The number of aliphatic hydroxyl groups excluding tert-OH is 1. The standard InChI is InChI=1S/C26H31NOS/c1-17-12-23(18(2)11-21(17)9-10-27)13-19-14-26(29-16-19)22-8-7-20-5-3-4-6-25(28)24(20)15-22/h7-8,11-12,14-16,25,28H,3-6,9-10,13,27H2,1-2H3. The second-order valence-corrected chi connectivity index (χ2v) is 9.33. The summed E-state index contributed by atoms with van der Waals surface area (Å²) in [6, 6.07) is 13.6. The summed E-state index contributed by atoms with van der Waals surface area (Å²) in [5, 5.41) is 12.8. The minimum Gasteiger partial charge on any atom is -0.388 e. The summed E-state index contributed by atoms with van der Waals surface area (Å²) in [7, 11) is 0. The zero-order chi connectivity index (χ0) is 20.4. The summed E-state index contributed by atoms with van der Waals surface area (Å²) < 4.78 is 0. The van der Waals surface area contributed by atoms with Crippen LogP contribution in [-0.2, 0) is 19.3 Å². The smallest absolute Gasteiger partial charge is 0.0792 e. The number of thiophene rings is 1. The van der Waals surface area contributed by atoms with E-state index in [1.54, 1.807) is 11.3 Å². The van der Waals surface area contributed by atoms with E-state index in [2.05, 4.69) is 55.6 Å². The summed E-state index contributed by atoms with van der Waals surface area (Å²) in [5.41, 5.74) is 16.2. The first-order valence-electron chi connectivity index (χ1n) is 10.7. The molecule has 3 N–H and O–H groups in total. The van der Waals surface area contributed by atoms with Crippen LogP contribution in [0.4, 0.5) is 0 Å². The van der Waals surface area contributed by atoms with E-state index in [0.29, 0.717) is 6.54 Å².